The number of nitrogen functional groups attached to an aromatic ring is 1. The van der Waals surface area contributed by atoms with Crippen LogP contribution in [0.2, 0.25) is 5.02 Å². The van der Waals surface area contributed by atoms with Crippen molar-refractivity contribution in [3.05, 3.63) is 34.6 Å². The van der Waals surface area contributed by atoms with Crippen LogP contribution in [0.4, 0.5) is 16.0 Å². The summed E-state index contributed by atoms with van der Waals surface area (Å²) in [5, 5.41) is 16.2. The predicted molar refractivity (Wildman–Crippen MR) is 71.8 cm³/mol. The minimum Gasteiger partial charge on any atom is -0.382 e. The van der Waals surface area contributed by atoms with Gasteiger partial charge in [0, 0.05) is 6.54 Å². The maximum absolute atomic E-state index is 13.8. The van der Waals surface area contributed by atoms with Crippen LogP contribution in [-0.2, 0) is 0 Å². The minimum absolute atomic E-state index is 0.0299. The second-order valence-corrected chi connectivity index (χ2v) is 4.14. The molecule has 0 fully saturated rings. The summed E-state index contributed by atoms with van der Waals surface area (Å²) in [4.78, 5) is 0. The van der Waals surface area contributed by atoms with E-state index in [4.69, 9.17) is 22.6 Å². The van der Waals surface area contributed by atoms with Gasteiger partial charge in [0.25, 0.3) is 0 Å². The van der Waals surface area contributed by atoms with E-state index in [0.717, 1.165) is 4.68 Å². The first kappa shape index (κ1) is 13.2. The average molecular weight is 280 g/mol. The molecule has 2 rings (SSSR count). The zero-order valence-corrected chi connectivity index (χ0v) is 10.9. The highest BCUT2D eigenvalue weighted by Gasteiger charge is 2.19. The summed E-state index contributed by atoms with van der Waals surface area (Å²) in [5.74, 6) is -0.207. The van der Waals surface area contributed by atoms with E-state index in [1.807, 2.05) is 13.0 Å². The predicted octanol–water partition coefficient (Wildman–Crippen LogP) is 2.55. The van der Waals surface area contributed by atoms with Gasteiger partial charge in [-0.25, -0.2) is 9.07 Å². The lowest BCUT2D eigenvalue weighted by atomic mass is 10.3. The van der Waals surface area contributed by atoms with Gasteiger partial charge in [-0.15, -0.1) is 5.10 Å². The maximum atomic E-state index is 13.8. The quantitative estimate of drug-likeness (QED) is 0.905. The Morgan fingerprint density at radius 3 is 2.89 bits per heavy atom. The fraction of sp³-hybridized carbons (Fsp3) is 0.167. The Balaban J connectivity index is 2.67. The smallest absolute Gasteiger partial charge is 0.168 e. The molecule has 98 valence electrons. The minimum atomic E-state index is -0.561. The number of nitrogens with zero attached hydrogens (tertiary/aromatic N) is 3. The number of nitriles is 1. The molecule has 0 saturated carbocycles. The molecule has 2 aromatic rings. The second kappa shape index (κ2) is 5.16. The third-order valence-corrected chi connectivity index (χ3v) is 2.83. The van der Waals surface area contributed by atoms with Gasteiger partial charge in [0.15, 0.2) is 5.82 Å². The van der Waals surface area contributed by atoms with Crippen LogP contribution in [0.1, 0.15) is 12.5 Å². The van der Waals surface area contributed by atoms with Crippen LogP contribution in [0, 0.1) is 17.1 Å². The second-order valence-electron chi connectivity index (χ2n) is 3.73. The van der Waals surface area contributed by atoms with E-state index in [-0.39, 0.29) is 22.1 Å². The van der Waals surface area contributed by atoms with E-state index < -0.39 is 5.82 Å². The molecule has 0 spiro atoms. The van der Waals surface area contributed by atoms with E-state index in [9.17, 15) is 4.39 Å². The van der Waals surface area contributed by atoms with Crippen molar-refractivity contribution in [3.63, 3.8) is 0 Å². The molecule has 1 aromatic carbocycles. The Morgan fingerprint density at radius 1 is 1.58 bits per heavy atom. The summed E-state index contributed by atoms with van der Waals surface area (Å²) in [6, 6.07) is 6.20. The van der Waals surface area contributed by atoms with E-state index in [1.165, 1.54) is 18.2 Å². The number of nitrogens with two attached hydrogens (primary N) is 1. The fourth-order valence-electron chi connectivity index (χ4n) is 1.69. The number of benzene rings is 1. The van der Waals surface area contributed by atoms with Crippen molar-refractivity contribution in [2.75, 3.05) is 17.6 Å². The lowest BCUT2D eigenvalue weighted by Crippen LogP contribution is -2.05. The largest absolute Gasteiger partial charge is 0.382 e. The Bertz CT molecular complexity index is 639. The van der Waals surface area contributed by atoms with Crippen molar-refractivity contribution in [3.8, 4) is 11.8 Å². The molecule has 0 atom stereocenters. The van der Waals surface area contributed by atoms with Crippen LogP contribution >= 0.6 is 11.6 Å². The number of aromatic nitrogens is 2. The van der Waals surface area contributed by atoms with Crippen molar-refractivity contribution in [2.45, 2.75) is 6.92 Å². The molecule has 0 amide bonds. The topological polar surface area (TPSA) is 79.7 Å². The fourth-order valence-corrected chi connectivity index (χ4v) is 1.94. The Morgan fingerprint density at radius 2 is 2.32 bits per heavy atom. The van der Waals surface area contributed by atoms with Gasteiger partial charge in [-0.05, 0) is 19.1 Å². The maximum Gasteiger partial charge on any atom is 0.168 e. The number of hydrogen-bond donors (Lipinski definition) is 2. The summed E-state index contributed by atoms with van der Waals surface area (Å²) in [6.45, 7) is 2.42. The lowest BCUT2D eigenvalue weighted by molar-refractivity contribution is 0.612. The van der Waals surface area contributed by atoms with Crippen LogP contribution in [0.5, 0.6) is 0 Å². The highest BCUT2D eigenvalue weighted by atomic mass is 35.5. The van der Waals surface area contributed by atoms with Crippen molar-refractivity contribution in [1.82, 2.24) is 9.78 Å². The van der Waals surface area contributed by atoms with Gasteiger partial charge in [-0.3, -0.25) is 0 Å². The zero-order valence-electron chi connectivity index (χ0n) is 10.1. The summed E-state index contributed by atoms with van der Waals surface area (Å²) < 4.78 is 15.0. The van der Waals surface area contributed by atoms with Gasteiger partial charge >= 0.3 is 0 Å². The molecule has 1 aromatic heterocycles. The van der Waals surface area contributed by atoms with Crippen molar-refractivity contribution < 1.29 is 4.39 Å². The summed E-state index contributed by atoms with van der Waals surface area (Å²) in [5.41, 5.74) is 6.03. The standard InChI is InChI=1S/C12H11ClFN5/c1-2-17-12-7(6-15)11(16)19(18-12)10-8(13)4-3-5-9(10)14/h3-5H,2,16H2,1H3,(H,17,18). The summed E-state index contributed by atoms with van der Waals surface area (Å²) >= 11 is 5.96. The van der Waals surface area contributed by atoms with Crippen molar-refractivity contribution >= 4 is 23.2 Å². The normalized spacial score (nSPS) is 10.2. The van der Waals surface area contributed by atoms with Gasteiger partial charge in [0.1, 0.15) is 29.0 Å². The first-order valence-corrected chi connectivity index (χ1v) is 5.94. The number of rotatable bonds is 3. The number of hydrogen-bond acceptors (Lipinski definition) is 4. The SMILES string of the molecule is CCNc1nn(-c2c(F)cccc2Cl)c(N)c1C#N. The molecule has 3 N–H and O–H groups in total. The molecule has 0 aliphatic heterocycles. The number of halogens is 2. The van der Waals surface area contributed by atoms with Crippen molar-refractivity contribution in [2.24, 2.45) is 0 Å². The van der Waals surface area contributed by atoms with Crippen LogP contribution in [0.15, 0.2) is 18.2 Å². The first-order valence-electron chi connectivity index (χ1n) is 5.57. The molecule has 19 heavy (non-hydrogen) atoms. The molecular weight excluding hydrogens is 269 g/mol. The summed E-state index contributed by atoms with van der Waals surface area (Å²) in [6.07, 6.45) is 0. The van der Waals surface area contributed by atoms with Crippen LogP contribution < -0.4 is 11.1 Å². The number of para-hydroxylation sites is 1. The van der Waals surface area contributed by atoms with Crippen molar-refractivity contribution in [1.29, 1.82) is 5.26 Å². The van der Waals surface area contributed by atoms with E-state index >= 15 is 0 Å². The lowest BCUT2D eigenvalue weighted by Gasteiger charge is -2.07. The van der Waals surface area contributed by atoms with Crippen LogP contribution in [-0.4, -0.2) is 16.3 Å². The van der Waals surface area contributed by atoms with Gasteiger partial charge in [-0.1, -0.05) is 17.7 Å². The van der Waals surface area contributed by atoms with Crippen LogP contribution in [0.3, 0.4) is 0 Å². The average Bonchev–Trinajstić information content (AvgIpc) is 2.66. The van der Waals surface area contributed by atoms with E-state index in [1.54, 1.807) is 0 Å². The number of nitrogens with one attached hydrogen (secondary N) is 1. The molecular formula is C12H11ClFN5. The third-order valence-electron chi connectivity index (χ3n) is 2.53. The molecule has 0 aliphatic rings. The molecule has 7 heteroatoms. The molecule has 5 nitrogen and oxygen atoms in total. The first-order chi connectivity index (χ1) is 9.10. The number of anilines is 2. The molecule has 0 saturated heterocycles. The monoisotopic (exact) mass is 279 g/mol. The summed E-state index contributed by atoms with van der Waals surface area (Å²) in [7, 11) is 0. The van der Waals surface area contributed by atoms with Gasteiger partial charge in [0.2, 0.25) is 0 Å². The Labute approximate surface area is 114 Å². The van der Waals surface area contributed by atoms with Gasteiger partial charge in [-0.2, -0.15) is 5.26 Å². The van der Waals surface area contributed by atoms with Gasteiger partial charge in [0.05, 0.1) is 5.02 Å². The molecule has 1 heterocycles. The molecule has 0 radical (unpaired) electrons. The molecule has 0 unspecified atom stereocenters. The van der Waals surface area contributed by atoms with E-state index in [0.29, 0.717) is 12.4 Å². The Hall–Kier alpha value is -2.26. The highest BCUT2D eigenvalue weighted by Crippen LogP contribution is 2.29. The molecule has 0 aliphatic carbocycles. The van der Waals surface area contributed by atoms with E-state index in [2.05, 4.69) is 10.4 Å². The van der Waals surface area contributed by atoms with Gasteiger partial charge < -0.3 is 11.1 Å². The van der Waals surface area contributed by atoms with Crippen LogP contribution in [0.25, 0.3) is 5.69 Å². The molecule has 0 bridgehead atoms. The highest BCUT2D eigenvalue weighted by molar-refractivity contribution is 6.32. The Kier molecular flexibility index (Phi) is 3.58. The zero-order chi connectivity index (χ0) is 14.0. The third kappa shape index (κ3) is 2.20.